The number of hydrogen-bond acceptors (Lipinski definition) is 5. The van der Waals surface area contributed by atoms with Crippen LogP contribution in [-0.2, 0) is 4.79 Å². The maximum absolute atomic E-state index is 13.2. The van der Waals surface area contributed by atoms with Crippen LogP contribution in [0, 0.1) is 18.3 Å². The average Bonchev–Trinajstić information content (AvgIpc) is 3.37. The topological polar surface area (TPSA) is 69.9 Å². The number of oxazole rings is 1. The number of carbonyl (C=O) groups is 2. The van der Waals surface area contributed by atoms with Gasteiger partial charge in [-0.15, -0.1) is 0 Å². The number of nitrogens with zero attached hydrogens (tertiary/aromatic N) is 4. The summed E-state index contributed by atoms with van der Waals surface area (Å²) in [6, 6.07) is 10.3. The van der Waals surface area contributed by atoms with Gasteiger partial charge in [-0.1, -0.05) is 42.5 Å². The van der Waals surface area contributed by atoms with Crippen molar-refractivity contribution in [2.45, 2.75) is 26.2 Å². The second kappa shape index (κ2) is 9.14. The summed E-state index contributed by atoms with van der Waals surface area (Å²) in [4.78, 5) is 36.2. The molecule has 0 bridgehead atoms. The molecule has 7 heteroatoms. The molecule has 1 aromatic heterocycles. The molecule has 1 atom stereocenters. The van der Waals surface area contributed by atoms with E-state index in [1.807, 2.05) is 23.1 Å². The van der Waals surface area contributed by atoms with Crippen LogP contribution in [0.5, 0.6) is 0 Å². The number of hydrogen-bond donors (Lipinski definition) is 0. The zero-order valence-electron chi connectivity index (χ0n) is 19.3. The maximum atomic E-state index is 13.2. The highest BCUT2D eigenvalue weighted by molar-refractivity contribution is 5.92. The van der Waals surface area contributed by atoms with Gasteiger partial charge in [0, 0.05) is 51.7 Å². The molecule has 2 amide bonds. The molecule has 1 saturated carbocycles. The van der Waals surface area contributed by atoms with Gasteiger partial charge in [-0.25, -0.2) is 4.98 Å². The molecule has 3 heterocycles. The molecule has 174 valence electrons. The Bertz CT molecular complexity index is 1020. The molecule has 0 N–H and O–H groups in total. The quantitative estimate of drug-likeness (QED) is 0.703. The van der Waals surface area contributed by atoms with E-state index in [4.69, 9.17) is 4.42 Å². The Morgan fingerprint density at radius 3 is 2.45 bits per heavy atom. The molecule has 0 radical (unpaired) electrons. The standard InChI is InChI=1S/C26H32N4O3/c1-20-23(33-19-27-20)25(32)29-12-9-26(10-13-29)18-22(26)24(31)30-16-14-28(15-17-30)11-5-8-21-6-3-2-4-7-21/h2-8,19,22H,9-18H2,1H3/b8-5+/t22-/m0/s1. The van der Waals surface area contributed by atoms with Crippen LogP contribution in [0.1, 0.15) is 41.1 Å². The molecule has 2 aromatic rings. The molecule has 2 aliphatic heterocycles. The molecule has 1 spiro atoms. The fourth-order valence-electron chi connectivity index (χ4n) is 5.33. The number of piperazine rings is 1. The van der Waals surface area contributed by atoms with Gasteiger partial charge in [0.1, 0.15) is 0 Å². The highest BCUT2D eigenvalue weighted by atomic mass is 16.3. The van der Waals surface area contributed by atoms with Crippen molar-refractivity contribution in [1.29, 1.82) is 0 Å². The number of aromatic nitrogens is 1. The number of likely N-dealkylation sites (tertiary alicyclic amines) is 1. The summed E-state index contributed by atoms with van der Waals surface area (Å²) in [5, 5.41) is 0. The van der Waals surface area contributed by atoms with Gasteiger partial charge in [-0.2, -0.15) is 0 Å². The van der Waals surface area contributed by atoms with E-state index in [9.17, 15) is 9.59 Å². The SMILES string of the molecule is Cc1ncoc1C(=O)N1CCC2(CC1)C[C@H]2C(=O)N1CCN(C/C=C/c2ccccc2)CC1. The number of piperidine rings is 1. The Morgan fingerprint density at radius 2 is 1.79 bits per heavy atom. The lowest BCUT2D eigenvalue weighted by molar-refractivity contribution is -0.135. The molecule has 1 aliphatic carbocycles. The Hall–Kier alpha value is -2.93. The van der Waals surface area contributed by atoms with E-state index in [0.29, 0.717) is 30.5 Å². The summed E-state index contributed by atoms with van der Waals surface area (Å²) >= 11 is 0. The van der Waals surface area contributed by atoms with Gasteiger partial charge in [-0.05, 0) is 37.2 Å². The van der Waals surface area contributed by atoms with Crippen LogP contribution in [-0.4, -0.2) is 77.3 Å². The lowest BCUT2D eigenvalue weighted by Gasteiger charge is -2.36. The van der Waals surface area contributed by atoms with Crippen LogP contribution in [0.4, 0.5) is 0 Å². The van der Waals surface area contributed by atoms with E-state index in [-0.39, 0.29) is 17.2 Å². The lowest BCUT2D eigenvalue weighted by Crippen LogP contribution is -2.49. The van der Waals surface area contributed by atoms with E-state index >= 15 is 0 Å². The van der Waals surface area contributed by atoms with Crippen molar-refractivity contribution in [2.75, 3.05) is 45.8 Å². The molecule has 0 unspecified atom stereocenters. The first-order chi connectivity index (χ1) is 16.1. The highest BCUT2D eigenvalue weighted by Crippen LogP contribution is 2.60. The first-order valence-electron chi connectivity index (χ1n) is 12.0. The second-order valence-corrected chi connectivity index (χ2v) is 9.62. The molecule has 7 nitrogen and oxygen atoms in total. The smallest absolute Gasteiger partial charge is 0.291 e. The normalized spacial score (nSPS) is 22.8. The maximum Gasteiger partial charge on any atom is 0.291 e. The van der Waals surface area contributed by atoms with Gasteiger partial charge in [-0.3, -0.25) is 14.5 Å². The van der Waals surface area contributed by atoms with Gasteiger partial charge in [0.15, 0.2) is 6.39 Å². The van der Waals surface area contributed by atoms with E-state index in [1.54, 1.807) is 6.92 Å². The molecule has 2 saturated heterocycles. The predicted molar refractivity (Wildman–Crippen MR) is 125 cm³/mol. The zero-order valence-corrected chi connectivity index (χ0v) is 19.3. The monoisotopic (exact) mass is 448 g/mol. The van der Waals surface area contributed by atoms with Crippen molar-refractivity contribution in [3.63, 3.8) is 0 Å². The fraction of sp³-hybridized carbons (Fsp3) is 0.500. The highest BCUT2D eigenvalue weighted by Gasteiger charge is 2.59. The summed E-state index contributed by atoms with van der Waals surface area (Å²) in [6.45, 7) is 7.53. The number of rotatable bonds is 5. The molecule has 3 fully saturated rings. The van der Waals surface area contributed by atoms with Crippen LogP contribution < -0.4 is 0 Å². The molecule has 5 rings (SSSR count). The van der Waals surface area contributed by atoms with E-state index in [1.165, 1.54) is 12.0 Å². The van der Waals surface area contributed by atoms with Crippen LogP contribution in [0.15, 0.2) is 47.2 Å². The van der Waals surface area contributed by atoms with Crippen LogP contribution in [0.3, 0.4) is 0 Å². The Labute approximate surface area is 195 Å². The van der Waals surface area contributed by atoms with Gasteiger partial charge in [0.05, 0.1) is 5.69 Å². The fourth-order valence-corrected chi connectivity index (χ4v) is 5.33. The minimum atomic E-state index is -0.0826. The summed E-state index contributed by atoms with van der Waals surface area (Å²) in [6.07, 6.45) is 8.45. The van der Waals surface area contributed by atoms with E-state index in [0.717, 1.165) is 52.0 Å². The summed E-state index contributed by atoms with van der Waals surface area (Å²) in [7, 11) is 0. The third kappa shape index (κ3) is 4.60. The lowest BCUT2D eigenvalue weighted by atomic mass is 9.90. The van der Waals surface area contributed by atoms with Crippen LogP contribution >= 0.6 is 0 Å². The van der Waals surface area contributed by atoms with Crippen molar-refractivity contribution >= 4 is 17.9 Å². The third-order valence-corrected chi connectivity index (χ3v) is 7.63. The Balaban J connectivity index is 1.07. The summed E-state index contributed by atoms with van der Waals surface area (Å²) < 4.78 is 5.27. The number of benzene rings is 1. The minimum absolute atomic E-state index is 0.0826. The molecular weight excluding hydrogens is 416 g/mol. The number of amides is 2. The van der Waals surface area contributed by atoms with Crippen LogP contribution in [0.25, 0.3) is 6.08 Å². The summed E-state index contributed by atoms with van der Waals surface area (Å²) in [5.41, 5.74) is 1.95. The molecule has 33 heavy (non-hydrogen) atoms. The predicted octanol–water partition coefficient (Wildman–Crippen LogP) is 3.08. The molecule has 1 aromatic carbocycles. The first-order valence-corrected chi connectivity index (χ1v) is 12.0. The third-order valence-electron chi connectivity index (χ3n) is 7.63. The van der Waals surface area contributed by atoms with Crippen LogP contribution in [0.2, 0.25) is 0 Å². The van der Waals surface area contributed by atoms with Gasteiger partial charge in [0.25, 0.3) is 5.91 Å². The minimum Gasteiger partial charge on any atom is -0.438 e. The second-order valence-electron chi connectivity index (χ2n) is 9.62. The van der Waals surface area contributed by atoms with Crippen molar-refractivity contribution in [3.05, 3.63) is 59.8 Å². The van der Waals surface area contributed by atoms with Crippen molar-refractivity contribution in [3.8, 4) is 0 Å². The Morgan fingerprint density at radius 1 is 1.06 bits per heavy atom. The molecule has 3 aliphatic rings. The first kappa shape index (κ1) is 21.9. The average molecular weight is 449 g/mol. The largest absolute Gasteiger partial charge is 0.438 e. The Kier molecular flexibility index (Phi) is 6.06. The van der Waals surface area contributed by atoms with Crippen molar-refractivity contribution in [2.24, 2.45) is 11.3 Å². The number of carbonyl (C=O) groups excluding carboxylic acids is 2. The summed E-state index contributed by atoms with van der Waals surface area (Å²) in [5.74, 6) is 0.707. The van der Waals surface area contributed by atoms with Gasteiger partial charge >= 0.3 is 0 Å². The number of aryl methyl sites for hydroxylation is 1. The molecular formula is C26H32N4O3. The van der Waals surface area contributed by atoms with Gasteiger partial charge in [0.2, 0.25) is 11.7 Å². The van der Waals surface area contributed by atoms with Crippen molar-refractivity contribution < 1.29 is 14.0 Å². The van der Waals surface area contributed by atoms with Crippen molar-refractivity contribution in [1.82, 2.24) is 19.7 Å². The van der Waals surface area contributed by atoms with E-state index in [2.05, 4.69) is 39.1 Å². The van der Waals surface area contributed by atoms with E-state index < -0.39 is 0 Å². The van der Waals surface area contributed by atoms with Gasteiger partial charge < -0.3 is 14.2 Å². The zero-order chi connectivity index (χ0) is 22.8.